The SMILES string of the molecule is CCNC(=NCc1cccc(C#N)c1)N1CCN(C(C)=O)CC1. The molecule has 1 heterocycles. The van der Waals surface area contributed by atoms with Crippen LogP contribution in [-0.2, 0) is 11.3 Å². The smallest absolute Gasteiger partial charge is 0.219 e. The van der Waals surface area contributed by atoms with Crippen LogP contribution in [0.2, 0.25) is 0 Å². The van der Waals surface area contributed by atoms with Crippen molar-refractivity contribution in [3.05, 3.63) is 35.4 Å². The molecule has 1 N–H and O–H groups in total. The van der Waals surface area contributed by atoms with Crippen LogP contribution in [0.4, 0.5) is 0 Å². The summed E-state index contributed by atoms with van der Waals surface area (Å²) >= 11 is 0. The average Bonchev–Trinajstić information content (AvgIpc) is 2.59. The Kier molecular flexibility index (Phi) is 5.98. The van der Waals surface area contributed by atoms with Crippen molar-refractivity contribution in [3.8, 4) is 6.07 Å². The zero-order valence-electron chi connectivity index (χ0n) is 13.7. The Bertz CT molecular complexity index is 612. The second-order valence-corrected chi connectivity index (χ2v) is 5.48. The predicted octanol–water partition coefficient (Wildman–Crippen LogP) is 1.19. The van der Waals surface area contributed by atoms with Gasteiger partial charge in [-0.3, -0.25) is 4.79 Å². The van der Waals surface area contributed by atoms with E-state index in [1.165, 1.54) is 0 Å². The summed E-state index contributed by atoms with van der Waals surface area (Å²) in [6, 6.07) is 9.65. The largest absolute Gasteiger partial charge is 0.357 e. The minimum absolute atomic E-state index is 0.125. The van der Waals surface area contributed by atoms with Gasteiger partial charge in [0.2, 0.25) is 5.91 Å². The third kappa shape index (κ3) is 4.71. The molecule has 0 unspecified atom stereocenters. The Hall–Kier alpha value is -2.55. The van der Waals surface area contributed by atoms with Gasteiger partial charge in [0, 0.05) is 39.6 Å². The van der Waals surface area contributed by atoms with E-state index in [2.05, 4.69) is 21.3 Å². The molecule has 0 atom stereocenters. The van der Waals surface area contributed by atoms with Gasteiger partial charge in [0.1, 0.15) is 0 Å². The lowest BCUT2D eigenvalue weighted by atomic mass is 10.1. The molecule has 1 aromatic rings. The van der Waals surface area contributed by atoms with Crippen molar-refractivity contribution in [2.75, 3.05) is 32.7 Å². The number of piperazine rings is 1. The first-order valence-electron chi connectivity index (χ1n) is 7.92. The molecular formula is C17H23N5O. The first-order chi connectivity index (χ1) is 11.1. The molecule has 1 amide bonds. The minimum atomic E-state index is 0.125. The Balaban J connectivity index is 2.03. The Morgan fingerprint density at radius 2 is 2.00 bits per heavy atom. The fourth-order valence-corrected chi connectivity index (χ4v) is 2.56. The molecule has 6 nitrogen and oxygen atoms in total. The molecule has 1 fully saturated rings. The zero-order valence-corrected chi connectivity index (χ0v) is 13.7. The first-order valence-corrected chi connectivity index (χ1v) is 7.92. The van der Waals surface area contributed by atoms with Crippen molar-refractivity contribution in [2.24, 2.45) is 4.99 Å². The molecule has 0 aliphatic carbocycles. The number of aliphatic imine (C=N–C) groups is 1. The van der Waals surface area contributed by atoms with E-state index in [0.29, 0.717) is 12.1 Å². The molecule has 0 radical (unpaired) electrons. The summed E-state index contributed by atoms with van der Waals surface area (Å²) in [5.74, 6) is 0.984. The maximum Gasteiger partial charge on any atom is 0.219 e. The molecule has 122 valence electrons. The van der Waals surface area contributed by atoms with Gasteiger partial charge < -0.3 is 15.1 Å². The topological polar surface area (TPSA) is 71.7 Å². The molecule has 0 bridgehead atoms. The molecule has 0 saturated carbocycles. The van der Waals surface area contributed by atoms with Gasteiger partial charge in [-0.2, -0.15) is 5.26 Å². The van der Waals surface area contributed by atoms with E-state index in [-0.39, 0.29) is 5.91 Å². The number of rotatable bonds is 3. The summed E-state index contributed by atoms with van der Waals surface area (Å²) in [7, 11) is 0. The van der Waals surface area contributed by atoms with Crippen LogP contribution < -0.4 is 5.32 Å². The zero-order chi connectivity index (χ0) is 16.7. The summed E-state index contributed by atoms with van der Waals surface area (Å²) in [6.07, 6.45) is 0. The van der Waals surface area contributed by atoms with Gasteiger partial charge in [0.15, 0.2) is 5.96 Å². The number of nitrogens with one attached hydrogen (secondary N) is 1. The third-order valence-corrected chi connectivity index (χ3v) is 3.83. The number of amides is 1. The number of carbonyl (C=O) groups is 1. The highest BCUT2D eigenvalue weighted by Crippen LogP contribution is 2.07. The van der Waals surface area contributed by atoms with Crippen LogP contribution in [0, 0.1) is 11.3 Å². The number of hydrogen-bond acceptors (Lipinski definition) is 3. The molecule has 6 heteroatoms. The van der Waals surface area contributed by atoms with Crippen LogP contribution in [0.15, 0.2) is 29.3 Å². The van der Waals surface area contributed by atoms with Crippen LogP contribution in [0.5, 0.6) is 0 Å². The van der Waals surface area contributed by atoms with Gasteiger partial charge in [-0.05, 0) is 24.6 Å². The predicted molar refractivity (Wildman–Crippen MR) is 89.8 cm³/mol. The van der Waals surface area contributed by atoms with E-state index < -0.39 is 0 Å². The first kappa shape index (κ1) is 16.8. The molecule has 1 aromatic carbocycles. The van der Waals surface area contributed by atoms with E-state index in [9.17, 15) is 4.79 Å². The summed E-state index contributed by atoms with van der Waals surface area (Å²) in [5, 5.41) is 12.3. The fraction of sp³-hybridized carbons (Fsp3) is 0.471. The molecular weight excluding hydrogens is 290 g/mol. The molecule has 2 rings (SSSR count). The molecule has 0 spiro atoms. The highest BCUT2D eigenvalue weighted by Gasteiger charge is 2.20. The van der Waals surface area contributed by atoms with Crippen molar-refractivity contribution in [2.45, 2.75) is 20.4 Å². The minimum Gasteiger partial charge on any atom is -0.357 e. The summed E-state index contributed by atoms with van der Waals surface area (Å²) in [6.45, 7) is 7.99. The second-order valence-electron chi connectivity index (χ2n) is 5.48. The molecule has 1 saturated heterocycles. The van der Waals surface area contributed by atoms with Gasteiger partial charge in [-0.1, -0.05) is 12.1 Å². The normalized spacial score (nSPS) is 15.3. The summed E-state index contributed by atoms with van der Waals surface area (Å²) < 4.78 is 0. The van der Waals surface area contributed by atoms with Crippen molar-refractivity contribution in [1.29, 1.82) is 5.26 Å². The lowest BCUT2D eigenvalue weighted by Gasteiger charge is -2.36. The highest BCUT2D eigenvalue weighted by molar-refractivity contribution is 5.80. The number of benzene rings is 1. The summed E-state index contributed by atoms with van der Waals surface area (Å²) in [5.41, 5.74) is 1.67. The van der Waals surface area contributed by atoms with Crippen LogP contribution in [-0.4, -0.2) is 54.4 Å². The maximum absolute atomic E-state index is 11.4. The lowest BCUT2D eigenvalue weighted by Crippen LogP contribution is -2.53. The number of carbonyl (C=O) groups excluding carboxylic acids is 1. The average molecular weight is 313 g/mol. The van der Waals surface area contributed by atoms with E-state index in [1.54, 1.807) is 13.0 Å². The standard InChI is InChI=1S/C17H23N5O/c1-3-19-17(22-9-7-21(8-10-22)14(2)23)20-13-16-6-4-5-15(11-16)12-18/h4-6,11H,3,7-10,13H2,1-2H3,(H,19,20). The monoisotopic (exact) mass is 313 g/mol. The lowest BCUT2D eigenvalue weighted by molar-refractivity contribution is -0.130. The van der Waals surface area contributed by atoms with Crippen molar-refractivity contribution in [1.82, 2.24) is 15.1 Å². The molecule has 0 aromatic heterocycles. The number of hydrogen-bond donors (Lipinski definition) is 1. The van der Waals surface area contributed by atoms with Crippen LogP contribution in [0.1, 0.15) is 25.0 Å². The Morgan fingerprint density at radius 1 is 1.30 bits per heavy atom. The van der Waals surface area contributed by atoms with Crippen LogP contribution >= 0.6 is 0 Å². The molecule has 1 aliphatic heterocycles. The van der Waals surface area contributed by atoms with Gasteiger partial charge >= 0.3 is 0 Å². The molecule has 23 heavy (non-hydrogen) atoms. The second kappa shape index (κ2) is 8.18. The van der Waals surface area contributed by atoms with Gasteiger partial charge in [0.25, 0.3) is 0 Å². The number of nitriles is 1. The highest BCUT2D eigenvalue weighted by atomic mass is 16.2. The maximum atomic E-state index is 11.4. The van der Waals surface area contributed by atoms with E-state index in [4.69, 9.17) is 5.26 Å². The van der Waals surface area contributed by atoms with Gasteiger partial charge in [-0.15, -0.1) is 0 Å². The van der Waals surface area contributed by atoms with Crippen molar-refractivity contribution >= 4 is 11.9 Å². The van der Waals surface area contributed by atoms with E-state index in [0.717, 1.165) is 44.2 Å². The van der Waals surface area contributed by atoms with Crippen LogP contribution in [0.3, 0.4) is 0 Å². The molecule has 1 aliphatic rings. The Morgan fingerprint density at radius 3 is 2.61 bits per heavy atom. The van der Waals surface area contributed by atoms with Crippen molar-refractivity contribution in [3.63, 3.8) is 0 Å². The van der Waals surface area contributed by atoms with Gasteiger partial charge in [0.05, 0.1) is 18.2 Å². The van der Waals surface area contributed by atoms with E-state index in [1.807, 2.05) is 30.0 Å². The quantitative estimate of drug-likeness (QED) is 0.672. The summed E-state index contributed by atoms with van der Waals surface area (Å²) in [4.78, 5) is 20.1. The van der Waals surface area contributed by atoms with Gasteiger partial charge in [-0.25, -0.2) is 4.99 Å². The number of guanidine groups is 1. The van der Waals surface area contributed by atoms with Crippen LogP contribution in [0.25, 0.3) is 0 Å². The van der Waals surface area contributed by atoms with Crippen molar-refractivity contribution < 1.29 is 4.79 Å². The number of nitrogens with zero attached hydrogens (tertiary/aromatic N) is 4. The third-order valence-electron chi connectivity index (χ3n) is 3.83. The Labute approximate surface area is 137 Å². The fourth-order valence-electron chi connectivity index (χ4n) is 2.56. The van der Waals surface area contributed by atoms with E-state index >= 15 is 0 Å².